The fourth-order valence-electron chi connectivity index (χ4n) is 2.80. The van der Waals surface area contributed by atoms with Crippen molar-refractivity contribution in [2.45, 2.75) is 51.6 Å². The van der Waals surface area contributed by atoms with E-state index in [-0.39, 0.29) is 23.6 Å². The second-order valence-electron chi connectivity index (χ2n) is 7.37. The van der Waals surface area contributed by atoms with Crippen molar-refractivity contribution in [3.05, 3.63) is 68.1 Å². The lowest BCUT2D eigenvalue weighted by Crippen LogP contribution is -2.50. The maximum Gasteiger partial charge on any atom is 0.242 e. The van der Waals surface area contributed by atoms with Gasteiger partial charge in [0.1, 0.15) is 6.04 Å². The lowest BCUT2D eigenvalue weighted by molar-refractivity contribution is -0.138. The Hall–Kier alpha value is -1.21. The third-order valence-corrected chi connectivity index (χ3v) is 7.01. The van der Waals surface area contributed by atoms with Crippen molar-refractivity contribution < 1.29 is 9.59 Å². The number of halogens is 3. The summed E-state index contributed by atoms with van der Waals surface area (Å²) in [4.78, 5) is 27.5. The zero-order valence-electron chi connectivity index (χ0n) is 17.8. The van der Waals surface area contributed by atoms with Crippen LogP contribution in [0.4, 0.5) is 0 Å². The van der Waals surface area contributed by atoms with Gasteiger partial charge in [-0.25, -0.2) is 0 Å². The molecular weight excluding hydrogens is 519 g/mol. The van der Waals surface area contributed by atoms with E-state index in [0.717, 1.165) is 22.0 Å². The number of rotatable bonds is 10. The molecule has 0 aliphatic carbocycles. The molecule has 2 unspecified atom stereocenters. The van der Waals surface area contributed by atoms with Crippen LogP contribution in [0.3, 0.4) is 0 Å². The second kappa shape index (κ2) is 12.7. The van der Waals surface area contributed by atoms with E-state index in [1.807, 2.05) is 44.2 Å². The van der Waals surface area contributed by atoms with E-state index < -0.39 is 6.04 Å². The van der Waals surface area contributed by atoms with Crippen LogP contribution in [0.25, 0.3) is 0 Å². The predicted molar refractivity (Wildman–Crippen MR) is 135 cm³/mol. The number of nitrogens with zero attached hydrogens (tertiary/aromatic N) is 1. The maximum absolute atomic E-state index is 13.1. The van der Waals surface area contributed by atoms with Crippen molar-refractivity contribution in [3.8, 4) is 0 Å². The van der Waals surface area contributed by atoms with E-state index in [2.05, 4.69) is 21.2 Å². The summed E-state index contributed by atoms with van der Waals surface area (Å²) in [6.45, 7) is 6.11. The number of hydrogen-bond acceptors (Lipinski definition) is 3. The summed E-state index contributed by atoms with van der Waals surface area (Å²) >= 11 is 17.1. The fourth-order valence-corrected chi connectivity index (χ4v) is 4.54. The molecule has 0 fully saturated rings. The van der Waals surface area contributed by atoms with Gasteiger partial charge in [-0.1, -0.05) is 64.3 Å². The van der Waals surface area contributed by atoms with Crippen LogP contribution in [-0.2, 0) is 21.9 Å². The largest absolute Gasteiger partial charge is 0.352 e. The number of carbonyl (C=O) groups is 2. The van der Waals surface area contributed by atoms with Gasteiger partial charge in [0.2, 0.25) is 11.8 Å². The summed E-state index contributed by atoms with van der Waals surface area (Å²) in [7, 11) is 0. The lowest BCUT2D eigenvalue weighted by Gasteiger charge is -2.29. The molecule has 168 valence electrons. The highest BCUT2D eigenvalue weighted by Crippen LogP contribution is 2.25. The number of hydrogen-bond donors (Lipinski definition) is 1. The van der Waals surface area contributed by atoms with Crippen LogP contribution in [0.5, 0.6) is 0 Å². The summed E-state index contributed by atoms with van der Waals surface area (Å²) in [6, 6.07) is 12.6. The molecule has 31 heavy (non-hydrogen) atoms. The zero-order chi connectivity index (χ0) is 23.0. The summed E-state index contributed by atoms with van der Waals surface area (Å²) in [5.74, 6) is 0.591. The fraction of sp³-hybridized carbons (Fsp3) is 0.391. The molecule has 0 saturated carbocycles. The molecule has 4 nitrogen and oxygen atoms in total. The Balaban J connectivity index is 2.08. The van der Waals surface area contributed by atoms with E-state index >= 15 is 0 Å². The Morgan fingerprint density at radius 2 is 1.81 bits per heavy atom. The molecule has 1 N–H and O–H groups in total. The van der Waals surface area contributed by atoms with Gasteiger partial charge in [0.05, 0.1) is 5.75 Å². The van der Waals surface area contributed by atoms with Gasteiger partial charge < -0.3 is 10.2 Å². The Kier molecular flexibility index (Phi) is 10.7. The molecule has 0 heterocycles. The molecule has 0 spiro atoms. The topological polar surface area (TPSA) is 49.4 Å². The number of carbonyl (C=O) groups excluding carboxylic acids is 2. The Labute approximate surface area is 207 Å². The smallest absolute Gasteiger partial charge is 0.242 e. The van der Waals surface area contributed by atoms with Gasteiger partial charge in [-0.15, -0.1) is 11.8 Å². The van der Waals surface area contributed by atoms with Crippen LogP contribution in [0.15, 0.2) is 46.9 Å². The van der Waals surface area contributed by atoms with Gasteiger partial charge in [-0.3, -0.25) is 9.59 Å². The molecule has 0 aliphatic rings. The third kappa shape index (κ3) is 8.33. The standard InChI is InChI=1S/C23H27BrCl2N2O2S/c1-4-15(2)27-23(30)16(3)28(12-17-5-8-19(24)9-6-17)22(29)14-31-13-18-7-10-20(25)11-21(18)26/h5-11,15-16H,4,12-14H2,1-3H3,(H,27,30). The van der Waals surface area contributed by atoms with E-state index in [1.165, 1.54) is 11.8 Å². The summed E-state index contributed by atoms with van der Waals surface area (Å²) in [6.07, 6.45) is 0.830. The van der Waals surface area contributed by atoms with Crippen LogP contribution < -0.4 is 5.32 Å². The Bertz CT molecular complexity index is 896. The van der Waals surface area contributed by atoms with E-state index in [4.69, 9.17) is 23.2 Å². The molecule has 0 radical (unpaired) electrons. The van der Waals surface area contributed by atoms with E-state index in [1.54, 1.807) is 24.0 Å². The van der Waals surface area contributed by atoms with Crippen molar-refractivity contribution in [1.29, 1.82) is 0 Å². The highest BCUT2D eigenvalue weighted by atomic mass is 79.9. The second-order valence-corrected chi connectivity index (χ2v) is 10.1. The van der Waals surface area contributed by atoms with Crippen molar-refractivity contribution >= 4 is 62.7 Å². The quantitative estimate of drug-likeness (QED) is 0.380. The monoisotopic (exact) mass is 544 g/mol. The minimum absolute atomic E-state index is 0.0565. The Morgan fingerprint density at radius 3 is 2.42 bits per heavy atom. The van der Waals surface area contributed by atoms with Crippen molar-refractivity contribution in [2.75, 3.05) is 5.75 Å². The molecule has 2 rings (SSSR count). The molecule has 2 aromatic rings. The molecule has 2 atom stereocenters. The Morgan fingerprint density at radius 1 is 1.13 bits per heavy atom. The zero-order valence-corrected chi connectivity index (χ0v) is 21.7. The summed E-state index contributed by atoms with van der Waals surface area (Å²) < 4.78 is 0.965. The number of amides is 2. The van der Waals surface area contributed by atoms with Crippen LogP contribution in [-0.4, -0.2) is 34.6 Å². The molecule has 2 amide bonds. The molecule has 0 aliphatic heterocycles. The van der Waals surface area contributed by atoms with Crippen molar-refractivity contribution in [2.24, 2.45) is 0 Å². The van der Waals surface area contributed by atoms with Crippen molar-refractivity contribution in [1.82, 2.24) is 10.2 Å². The van der Waals surface area contributed by atoms with Crippen LogP contribution >= 0.6 is 50.9 Å². The van der Waals surface area contributed by atoms with Crippen LogP contribution in [0.1, 0.15) is 38.3 Å². The van der Waals surface area contributed by atoms with Crippen molar-refractivity contribution in [3.63, 3.8) is 0 Å². The average molecular weight is 546 g/mol. The molecule has 8 heteroatoms. The predicted octanol–water partition coefficient (Wildman–Crippen LogP) is 6.32. The first-order valence-corrected chi connectivity index (χ1v) is 12.8. The summed E-state index contributed by atoms with van der Waals surface area (Å²) in [5, 5.41) is 4.14. The minimum Gasteiger partial charge on any atom is -0.352 e. The van der Waals surface area contributed by atoms with Crippen LogP contribution in [0.2, 0.25) is 10.0 Å². The molecule has 0 saturated heterocycles. The molecular formula is C23H27BrCl2N2O2S. The minimum atomic E-state index is -0.579. The lowest BCUT2D eigenvalue weighted by atomic mass is 10.1. The van der Waals surface area contributed by atoms with Crippen LogP contribution in [0, 0.1) is 0 Å². The third-order valence-electron chi connectivity index (χ3n) is 4.93. The first-order valence-electron chi connectivity index (χ1n) is 10.1. The van der Waals surface area contributed by atoms with E-state index in [9.17, 15) is 9.59 Å². The van der Waals surface area contributed by atoms with Gasteiger partial charge in [0.25, 0.3) is 0 Å². The summed E-state index contributed by atoms with van der Waals surface area (Å²) in [5.41, 5.74) is 1.89. The average Bonchev–Trinajstić information content (AvgIpc) is 2.74. The maximum atomic E-state index is 13.1. The molecule has 2 aromatic carbocycles. The number of thioether (sulfide) groups is 1. The van der Waals surface area contributed by atoms with E-state index in [0.29, 0.717) is 22.3 Å². The van der Waals surface area contributed by atoms with Gasteiger partial charge in [0, 0.05) is 32.9 Å². The van der Waals surface area contributed by atoms with Gasteiger partial charge >= 0.3 is 0 Å². The normalized spacial score (nSPS) is 12.8. The molecule has 0 aromatic heterocycles. The first kappa shape index (κ1) is 26.0. The van der Waals surface area contributed by atoms with Gasteiger partial charge in [-0.2, -0.15) is 0 Å². The number of benzene rings is 2. The van der Waals surface area contributed by atoms with Gasteiger partial charge in [0.15, 0.2) is 0 Å². The first-order chi connectivity index (χ1) is 14.7. The van der Waals surface area contributed by atoms with Gasteiger partial charge in [-0.05, 0) is 55.7 Å². The number of nitrogens with one attached hydrogen (secondary N) is 1. The SMILES string of the molecule is CCC(C)NC(=O)C(C)N(Cc1ccc(Br)cc1)C(=O)CSCc1ccc(Cl)cc1Cl. The highest BCUT2D eigenvalue weighted by Gasteiger charge is 2.26. The molecule has 0 bridgehead atoms. The highest BCUT2D eigenvalue weighted by molar-refractivity contribution is 9.10.